The lowest BCUT2D eigenvalue weighted by Crippen LogP contribution is -2.38. The molecule has 0 aromatic heterocycles. The van der Waals surface area contributed by atoms with Crippen LogP contribution in [0.3, 0.4) is 0 Å². The smallest absolute Gasteiger partial charge is 0.126 e. The molecule has 1 aliphatic rings. The van der Waals surface area contributed by atoms with E-state index in [2.05, 4.69) is 19.2 Å². The molecule has 1 unspecified atom stereocenters. The number of halogens is 2. The zero-order chi connectivity index (χ0) is 14.6. The van der Waals surface area contributed by atoms with Crippen molar-refractivity contribution in [2.24, 2.45) is 11.3 Å². The lowest BCUT2D eigenvalue weighted by molar-refractivity contribution is 0.148. The Kier molecular flexibility index (Phi) is 5.42. The van der Waals surface area contributed by atoms with Gasteiger partial charge in [-0.05, 0) is 49.1 Å². The standard InChI is InChI=1S/C16H23ClFNO/c1-12(2)9-19-10-16(5-6-20-11-16)8-13-7-14(17)3-4-15(13)18/h3-4,7,12,19H,5-6,8-11H2,1-2H3. The molecule has 1 aliphatic heterocycles. The molecule has 112 valence electrons. The molecule has 0 radical (unpaired) electrons. The Bertz CT molecular complexity index is 444. The van der Waals surface area contributed by atoms with E-state index in [-0.39, 0.29) is 11.2 Å². The molecule has 1 saturated heterocycles. The Morgan fingerprint density at radius 1 is 1.45 bits per heavy atom. The Hall–Kier alpha value is -0.640. The zero-order valence-electron chi connectivity index (χ0n) is 12.2. The molecule has 1 aromatic carbocycles. The summed E-state index contributed by atoms with van der Waals surface area (Å²) in [5, 5.41) is 4.08. The zero-order valence-corrected chi connectivity index (χ0v) is 13.0. The fourth-order valence-electron chi connectivity index (χ4n) is 2.70. The van der Waals surface area contributed by atoms with Gasteiger partial charge in [0.2, 0.25) is 0 Å². The molecule has 1 atom stereocenters. The van der Waals surface area contributed by atoms with Gasteiger partial charge in [0.15, 0.2) is 0 Å². The van der Waals surface area contributed by atoms with Gasteiger partial charge in [-0.2, -0.15) is 0 Å². The molecule has 0 amide bonds. The lowest BCUT2D eigenvalue weighted by Gasteiger charge is -2.28. The molecular weight excluding hydrogens is 277 g/mol. The van der Waals surface area contributed by atoms with Crippen molar-refractivity contribution in [2.75, 3.05) is 26.3 Å². The highest BCUT2D eigenvalue weighted by Crippen LogP contribution is 2.33. The summed E-state index contributed by atoms with van der Waals surface area (Å²) in [7, 11) is 0. The molecule has 0 spiro atoms. The summed E-state index contributed by atoms with van der Waals surface area (Å²) in [6.07, 6.45) is 1.63. The summed E-state index contributed by atoms with van der Waals surface area (Å²) >= 11 is 5.98. The summed E-state index contributed by atoms with van der Waals surface area (Å²) < 4.78 is 19.5. The monoisotopic (exact) mass is 299 g/mol. The van der Waals surface area contributed by atoms with Crippen molar-refractivity contribution in [1.29, 1.82) is 0 Å². The maximum Gasteiger partial charge on any atom is 0.126 e. The molecule has 1 fully saturated rings. The van der Waals surface area contributed by atoms with E-state index < -0.39 is 0 Å². The van der Waals surface area contributed by atoms with Gasteiger partial charge in [0, 0.05) is 23.6 Å². The second kappa shape index (κ2) is 6.88. The molecule has 0 aliphatic carbocycles. The second-order valence-corrected chi connectivity index (χ2v) is 6.68. The molecule has 0 bridgehead atoms. The topological polar surface area (TPSA) is 21.3 Å². The van der Waals surface area contributed by atoms with Crippen LogP contribution in [0.2, 0.25) is 5.02 Å². The number of benzene rings is 1. The molecular formula is C16H23ClFNO. The molecule has 2 nitrogen and oxygen atoms in total. The van der Waals surface area contributed by atoms with Crippen LogP contribution in [0, 0.1) is 17.2 Å². The third kappa shape index (κ3) is 4.18. The maximum atomic E-state index is 13.9. The highest BCUT2D eigenvalue weighted by atomic mass is 35.5. The van der Waals surface area contributed by atoms with Crippen molar-refractivity contribution in [3.8, 4) is 0 Å². The number of nitrogens with one attached hydrogen (secondary N) is 1. The number of ether oxygens (including phenoxy) is 1. The Morgan fingerprint density at radius 3 is 2.90 bits per heavy atom. The summed E-state index contributed by atoms with van der Waals surface area (Å²) in [5.74, 6) is 0.432. The van der Waals surface area contributed by atoms with Crippen molar-refractivity contribution in [3.63, 3.8) is 0 Å². The molecule has 1 aromatic rings. The molecule has 1 heterocycles. The second-order valence-electron chi connectivity index (χ2n) is 6.24. The summed E-state index contributed by atoms with van der Waals surface area (Å²) in [6.45, 7) is 7.63. The lowest BCUT2D eigenvalue weighted by atomic mass is 9.80. The quantitative estimate of drug-likeness (QED) is 0.865. The molecule has 4 heteroatoms. The predicted molar refractivity (Wildman–Crippen MR) is 80.7 cm³/mol. The van der Waals surface area contributed by atoms with Crippen LogP contribution in [0.25, 0.3) is 0 Å². The number of hydrogen-bond donors (Lipinski definition) is 1. The maximum absolute atomic E-state index is 13.9. The number of rotatable bonds is 6. The fourth-order valence-corrected chi connectivity index (χ4v) is 2.89. The van der Waals surface area contributed by atoms with Crippen LogP contribution in [-0.4, -0.2) is 26.3 Å². The third-order valence-electron chi connectivity index (χ3n) is 3.81. The van der Waals surface area contributed by atoms with Crippen LogP contribution in [0.1, 0.15) is 25.8 Å². The minimum atomic E-state index is -0.176. The first-order valence-corrected chi connectivity index (χ1v) is 7.61. The van der Waals surface area contributed by atoms with Crippen LogP contribution >= 0.6 is 11.6 Å². The summed E-state index contributed by atoms with van der Waals surface area (Å²) in [4.78, 5) is 0. The normalized spacial score (nSPS) is 22.6. The van der Waals surface area contributed by atoms with E-state index in [1.54, 1.807) is 12.1 Å². The van der Waals surface area contributed by atoms with E-state index in [0.29, 0.717) is 29.5 Å². The van der Waals surface area contributed by atoms with E-state index in [4.69, 9.17) is 16.3 Å². The van der Waals surface area contributed by atoms with Crippen molar-refractivity contribution in [2.45, 2.75) is 26.7 Å². The van der Waals surface area contributed by atoms with Crippen molar-refractivity contribution >= 4 is 11.6 Å². The Labute approximate surface area is 125 Å². The van der Waals surface area contributed by atoms with Crippen LogP contribution in [0.15, 0.2) is 18.2 Å². The molecule has 0 saturated carbocycles. The van der Waals surface area contributed by atoms with Gasteiger partial charge in [-0.3, -0.25) is 0 Å². The largest absolute Gasteiger partial charge is 0.381 e. The van der Waals surface area contributed by atoms with E-state index in [0.717, 1.165) is 26.1 Å². The Balaban J connectivity index is 2.06. The molecule has 1 N–H and O–H groups in total. The fraction of sp³-hybridized carbons (Fsp3) is 0.625. The predicted octanol–water partition coefficient (Wildman–Crippen LogP) is 3.67. The van der Waals surface area contributed by atoms with Gasteiger partial charge in [-0.25, -0.2) is 4.39 Å². The van der Waals surface area contributed by atoms with Crippen molar-refractivity contribution < 1.29 is 9.13 Å². The highest BCUT2D eigenvalue weighted by molar-refractivity contribution is 6.30. The van der Waals surface area contributed by atoms with Gasteiger partial charge in [-0.15, -0.1) is 0 Å². The average molecular weight is 300 g/mol. The third-order valence-corrected chi connectivity index (χ3v) is 4.05. The summed E-state index contributed by atoms with van der Waals surface area (Å²) in [6, 6.07) is 4.78. The van der Waals surface area contributed by atoms with Crippen LogP contribution < -0.4 is 5.32 Å². The molecule has 2 rings (SSSR count). The Morgan fingerprint density at radius 2 is 2.25 bits per heavy atom. The SMILES string of the molecule is CC(C)CNCC1(Cc2cc(Cl)ccc2F)CCOC1. The van der Waals surface area contributed by atoms with Gasteiger partial charge < -0.3 is 10.1 Å². The first kappa shape index (κ1) is 15.7. The number of hydrogen-bond acceptors (Lipinski definition) is 2. The average Bonchev–Trinajstić information content (AvgIpc) is 2.82. The van der Waals surface area contributed by atoms with Crippen molar-refractivity contribution in [1.82, 2.24) is 5.32 Å². The van der Waals surface area contributed by atoms with Gasteiger partial charge >= 0.3 is 0 Å². The van der Waals surface area contributed by atoms with Crippen LogP contribution in [-0.2, 0) is 11.2 Å². The van der Waals surface area contributed by atoms with Gasteiger partial charge in [0.1, 0.15) is 5.82 Å². The van der Waals surface area contributed by atoms with Gasteiger partial charge in [0.05, 0.1) is 6.61 Å². The van der Waals surface area contributed by atoms with E-state index >= 15 is 0 Å². The first-order valence-electron chi connectivity index (χ1n) is 7.23. The molecule has 20 heavy (non-hydrogen) atoms. The van der Waals surface area contributed by atoms with Crippen LogP contribution in [0.5, 0.6) is 0 Å². The first-order chi connectivity index (χ1) is 9.51. The van der Waals surface area contributed by atoms with E-state index in [9.17, 15) is 4.39 Å². The van der Waals surface area contributed by atoms with Crippen LogP contribution in [0.4, 0.5) is 4.39 Å². The van der Waals surface area contributed by atoms with Gasteiger partial charge in [0.25, 0.3) is 0 Å². The van der Waals surface area contributed by atoms with Gasteiger partial charge in [-0.1, -0.05) is 25.4 Å². The summed E-state index contributed by atoms with van der Waals surface area (Å²) in [5.41, 5.74) is 0.676. The van der Waals surface area contributed by atoms with E-state index in [1.165, 1.54) is 6.07 Å². The van der Waals surface area contributed by atoms with E-state index in [1.807, 2.05) is 0 Å². The minimum Gasteiger partial charge on any atom is -0.381 e. The highest BCUT2D eigenvalue weighted by Gasteiger charge is 2.35. The van der Waals surface area contributed by atoms with Crippen molar-refractivity contribution in [3.05, 3.63) is 34.6 Å². The minimum absolute atomic E-state index is 0.0135.